The normalized spacial score (nSPS) is 11.7. The largest absolute Gasteiger partial charge is 0.478 e. The van der Waals surface area contributed by atoms with E-state index in [1.54, 1.807) is 24.3 Å². The maximum absolute atomic E-state index is 11.9. The molecule has 0 unspecified atom stereocenters. The molecular weight excluding hydrogens is 199 g/mol. The van der Waals surface area contributed by atoms with E-state index in [1.807, 2.05) is 0 Å². The van der Waals surface area contributed by atoms with Crippen LogP contribution in [0.2, 0.25) is 11.3 Å². The fourth-order valence-electron chi connectivity index (χ4n) is 0.981. The number of rotatable bonds is 3. The van der Waals surface area contributed by atoms with E-state index in [0.717, 1.165) is 0 Å². The zero-order chi connectivity index (χ0) is 9.90. The van der Waals surface area contributed by atoms with E-state index >= 15 is 0 Å². The molecule has 0 aromatic heterocycles. The summed E-state index contributed by atoms with van der Waals surface area (Å²) >= 11 is 5.58. The van der Waals surface area contributed by atoms with Gasteiger partial charge in [0.1, 0.15) is 0 Å². The molecule has 5 heteroatoms. The second-order valence-corrected chi connectivity index (χ2v) is 3.31. The van der Waals surface area contributed by atoms with Crippen LogP contribution in [0.3, 0.4) is 0 Å². The van der Waals surface area contributed by atoms with Gasteiger partial charge in [0.05, 0.1) is 0 Å². The van der Waals surface area contributed by atoms with Crippen molar-refractivity contribution < 1.29 is 12.9 Å². The lowest BCUT2D eigenvalue weighted by atomic mass is 9.83. The van der Waals surface area contributed by atoms with Crippen LogP contribution in [0.25, 0.3) is 0 Å². The average molecular weight is 207 g/mol. The minimum Gasteiger partial charge on any atom is -0.449 e. The Morgan fingerprint density at radius 3 is 2.08 bits per heavy atom. The lowest BCUT2D eigenvalue weighted by molar-refractivity contribution is 0.467. The van der Waals surface area contributed by atoms with E-state index in [4.69, 9.17) is 11.6 Å². The predicted molar refractivity (Wildman–Crippen MR) is 49.0 cm³/mol. The van der Waals surface area contributed by atoms with E-state index < -0.39 is 13.3 Å². The molecule has 0 saturated heterocycles. The van der Waals surface area contributed by atoms with Crippen molar-refractivity contribution in [2.45, 2.75) is 12.7 Å². The zero-order valence-electron chi connectivity index (χ0n) is 6.81. The summed E-state index contributed by atoms with van der Waals surface area (Å²) in [6, 6.07) is 6.43. The highest BCUT2D eigenvalue weighted by Gasteiger charge is 2.21. The molecular formula is C8H8BClF3-. The van der Waals surface area contributed by atoms with Crippen molar-refractivity contribution in [1.82, 2.24) is 0 Å². The molecule has 0 aliphatic carbocycles. The summed E-state index contributed by atoms with van der Waals surface area (Å²) in [6.45, 7) is -4.67. The molecule has 0 fully saturated rings. The van der Waals surface area contributed by atoms with Gasteiger partial charge in [-0.15, -0.1) is 0 Å². The Morgan fingerprint density at radius 1 is 1.08 bits per heavy atom. The predicted octanol–water partition coefficient (Wildman–Crippen LogP) is 3.73. The number of halogens is 4. The molecule has 0 bridgehead atoms. The first-order chi connectivity index (χ1) is 5.97. The van der Waals surface area contributed by atoms with Crippen LogP contribution in [0.4, 0.5) is 12.9 Å². The van der Waals surface area contributed by atoms with Crippen molar-refractivity contribution in [3.05, 3.63) is 34.9 Å². The van der Waals surface area contributed by atoms with Crippen molar-refractivity contribution in [2.75, 3.05) is 0 Å². The number of hydrogen-bond acceptors (Lipinski definition) is 0. The fraction of sp³-hybridized carbons (Fsp3) is 0.250. The molecule has 13 heavy (non-hydrogen) atoms. The van der Waals surface area contributed by atoms with Crippen LogP contribution in [-0.4, -0.2) is 6.98 Å². The number of hydrogen-bond donors (Lipinski definition) is 0. The Hall–Kier alpha value is -0.635. The molecule has 0 aliphatic heterocycles. The molecule has 0 aliphatic rings. The molecule has 1 rings (SSSR count). The van der Waals surface area contributed by atoms with E-state index in [1.165, 1.54) is 0 Å². The smallest absolute Gasteiger partial charge is 0.449 e. The highest BCUT2D eigenvalue weighted by atomic mass is 35.5. The Bertz CT molecular complexity index is 268. The van der Waals surface area contributed by atoms with Gasteiger partial charge in [0.2, 0.25) is 0 Å². The van der Waals surface area contributed by atoms with Crippen molar-refractivity contribution in [1.29, 1.82) is 0 Å². The highest BCUT2D eigenvalue weighted by molar-refractivity contribution is 6.58. The van der Waals surface area contributed by atoms with Gasteiger partial charge < -0.3 is 12.9 Å². The van der Waals surface area contributed by atoms with Gasteiger partial charge in [0.15, 0.2) is 0 Å². The third-order valence-electron chi connectivity index (χ3n) is 1.67. The van der Waals surface area contributed by atoms with E-state index in [2.05, 4.69) is 0 Å². The SMILES string of the molecule is F[B-](F)(F)CCc1ccc(Cl)cc1. The lowest BCUT2D eigenvalue weighted by Crippen LogP contribution is -2.14. The van der Waals surface area contributed by atoms with Crippen molar-refractivity contribution in [2.24, 2.45) is 0 Å². The van der Waals surface area contributed by atoms with Crippen LogP contribution in [0.5, 0.6) is 0 Å². The topological polar surface area (TPSA) is 0 Å². The molecule has 1 aromatic carbocycles. The fourth-order valence-corrected chi connectivity index (χ4v) is 1.11. The molecule has 1 aromatic rings. The van der Waals surface area contributed by atoms with Gasteiger partial charge in [0, 0.05) is 5.02 Å². The number of aryl methyl sites for hydroxylation is 1. The highest BCUT2D eigenvalue weighted by Crippen LogP contribution is 2.19. The van der Waals surface area contributed by atoms with E-state index in [-0.39, 0.29) is 6.42 Å². The monoisotopic (exact) mass is 207 g/mol. The molecule has 0 N–H and O–H groups in total. The molecule has 0 spiro atoms. The molecule has 0 heterocycles. The van der Waals surface area contributed by atoms with E-state index in [0.29, 0.717) is 10.6 Å². The molecule has 0 amide bonds. The lowest BCUT2D eigenvalue weighted by Gasteiger charge is -2.12. The maximum Gasteiger partial charge on any atom is 0.478 e. The van der Waals surface area contributed by atoms with Gasteiger partial charge in [0.25, 0.3) is 0 Å². The van der Waals surface area contributed by atoms with Gasteiger partial charge in [-0.1, -0.05) is 42.0 Å². The van der Waals surface area contributed by atoms with Crippen LogP contribution >= 0.6 is 11.6 Å². The summed E-state index contributed by atoms with van der Waals surface area (Å²) < 4.78 is 35.6. The van der Waals surface area contributed by atoms with Gasteiger partial charge in [-0.05, 0) is 12.1 Å². The minimum absolute atomic E-state index is 0.0423. The third-order valence-corrected chi connectivity index (χ3v) is 1.93. The Kier molecular flexibility index (Phi) is 3.25. The minimum atomic E-state index is -4.67. The zero-order valence-corrected chi connectivity index (χ0v) is 7.57. The molecule has 0 saturated carbocycles. The Labute approximate surface area is 79.8 Å². The van der Waals surface area contributed by atoms with Crippen LogP contribution in [0, 0.1) is 0 Å². The van der Waals surface area contributed by atoms with Gasteiger partial charge in [-0.25, -0.2) is 0 Å². The summed E-state index contributed by atoms with van der Waals surface area (Å²) in [5, 5.41) is 0.543. The summed E-state index contributed by atoms with van der Waals surface area (Å²) in [4.78, 5) is 0. The molecule has 0 nitrogen and oxygen atoms in total. The molecule has 72 valence electrons. The first kappa shape index (κ1) is 10.4. The van der Waals surface area contributed by atoms with Crippen molar-refractivity contribution in [3.63, 3.8) is 0 Å². The van der Waals surface area contributed by atoms with Crippen LogP contribution in [0.15, 0.2) is 24.3 Å². The standard InChI is InChI=1S/C8H8BClF3/c10-8-3-1-7(2-4-8)5-6-9(11,12)13/h1-4H,5-6H2/q-1. The molecule has 0 radical (unpaired) electrons. The second-order valence-electron chi connectivity index (χ2n) is 2.88. The summed E-state index contributed by atoms with van der Waals surface area (Å²) in [5.74, 6) is 0. The van der Waals surface area contributed by atoms with Crippen molar-refractivity contribution in [3.8, 4) is 0 Å². The second kappa shape index (κ2) is 4.05. The van der Waals surface area contributed by atoms with Crippen molar-refractivity contribution >= 4 is 18.6 Å². The molecule has 0 atom stereocenters. The third kappa shape index (κ3) is 4.22. The maximum atomic E-state index is 11.9. The summed E-state index contributed by atoms with van der Waals surface area (Å²) in [5.41, 5.74) is 0.670. The summed E-state index contributed by atoms with van der Waals surface area (Å²) in [7, 11) is 0. The van der Waals surface area contributed by atoms with Gasteiger partial charge in [-0.3, -0.25) is 0 Å². The van der Waals surface area contributed by atoms with E-state index in [9.17, 15) is 12.9 Å². The Balaban J connectivity index is 2.51. The Morgan fingerprint density at radius 2 is 1.62 bits per heavy atom. The van der Waals surface area contributed by atoms with Crippen LogP contribution in [0.1, 0.15) is 5.56 Å². The average Bonchev–Trinajstić information content (AvgIpc) is 2.02. The first-order valence-corrected chi connectivity index (χ1v) is 4.30. The van der Waals surface area contributed by atoms with Crippen LogP contribution < -0.4 is 0 Å². The van der Waals surface area contributed by atoms with Gasteiger partial charge in [-0.2, -0.15) is 0 Å². The number of benzene rings is 1. The first-order valence-electron chi connectivity index (χ1n) is 3.93. The quantitative estimate of drug-likeness (QED) is 0.663. The van der Waals surface area contributed by atoms with Crippen LogP contribution in [-0.2, 0) is 6.42 Å². The summed E-state index contributed by atoms with van der Waals surface area (Å²) in [6.07, 6.45) is -0.678. The van der Waals surface area contributed by atoms with Gasteiger partial charge >= 0.3 is 6.98 Å².